The third-order valence-corrected chi connectivity index (χ3v) is 2.70. The highest BCUT2D eigenvalue weighted by Gasteiger charge is 2.18. The van der Waals surface area contributed by atoms with Gasteiger partial charge in [0, 0.05) is 0 Å². The molecule has 1 aromatic carbocycles. The number of aliphatic hydroxyl groups is 1. The summed E-state index contributed by atoms with van der Waals surface area (Å²) in [4.78, 5) is 11.5. The zero-order chi connectivity index (χ0) is 13.9. The lowest BCUT2D eigenvalue weighted by Gasteiger charge is -2.21. The molecule has 4 nitrogen and oxygen atoms in total. The molecule has 1 aromatic rings. The van der Waals surface area contributed by atoms with Crippen LogP contribution in [-0.2, 0) is 10.2 Å². The molecule has 4 heteroatoms. The minimum atomic E-state index is -1.05. The van der Waals surface area contributed by atoms with Crippen LogP contribution in [0.5, 0.6) is 5.75 Å². The van der Waals surface area contributed by atoms with E-state index in [4.69, 9.17) is 4.74 Å². The molecule has 2 N–H and O–H groups in total. The summed E-state index contributed by atoms with van der Waals surface area (Å²) in [7, 11) is 1.55. The van der Waals surface area contributed by atoms with E-state index in [9.17, 15) is 9.90 Å². The van der Waals surface area contributed by atoms with E-state index in [1.54, 1.807) is 7.11 Å². The third kappa shape index (κ3) is 3.47. The van der Waals surface area contributed by atoms with E-state index < -0.39 is 12.0 Å². The van der Waals surface area contributed by atoms with Crippen molar-refractivity contribution < 1.29 is 14.6 Å². The number of rotatable bonds is 3. The van der Waals surface area contributed by atoms with Crippen LogP contribution in [0.4, 0.5) is 5.69 Å². The maximum Gasteiger partial charge on any atom is 0.253 e. The predicted octanol–water partition coefficient (Wildman–Crippen LogP) is 2.31. The minimum Gasteiger partial charge on any atom is -0.495 e. The number of hydrogen-bond acceptors (Lipinski definition) is 3. The largest absolute Gasteiger partial charge is 0.495 e. The summed E-state index contributed by atoms with van der Waals surface area (Å²) in [6.45, 7) is 7.70. The molecular weight excluding hydrogens is 230 g/mol. The summed E-state index contributed by atoms with van der Waals surface area (Å²) < 4.78 is 5.20. The number of amides is 1. The Morgan fingerprint density at radius 3 is 2.44 bits per heavy atom. The standard InChI is InChI=1S/C14H21NO3/c1-9(16)13(17)15-11-8-10(14(2,3)4)6-7-12(11)18-5/h6-9,16H,1-5H3,(H,15,17). The van der Waals surface area contributed by atoms with Crippen molar-refractivity contribution in [2.24, 2.45) is 0 Å². The minimum absolute atomic E-state index is 0.0173. The SMILES string of the molecule is COc1ccc(C(C)(C)C)cc1NC(=O)C(C)O. The Hall–Kier alpha value is -1.55. The molecular formula is C14H21NO3. The molecule has 0 saturated carbocycles. The second kappa shape index (κ2) is 5.40. The first-order chi connectivity index (χ1) is 8.25. The first-order valence-electron chi connectivity index (χ1n) is 5.93. The summed E-state index contributed by atoms with van der Waals surface area (Å²) in [5, 5.41) is 11.9. The van der Waals surface area contributed by atoms with Gasteiger partial charge in [-0.15, -0.1) is 0 Å². The highest BCUT2D eigenvalue weighted by Crippen LogP contribution is 2.31. The number of nitrogens with one attached hydrogen (secondary N) is 1. The lowest BCUT2D eigenvalue weighted by atomic mass is 9.87. The van der Waals surface area contributed by atoms with Crippen LogP contribution < -0.4 is 10.1 Å². The van der Waals surface area contributed by atoms with Crippen LogP contribution in [0.15, 0.2) is 18.2 Å². The van der Waals surface area contributed by atoms with Gasteiger partial charge < -0.3 is 15.2 Å². The number of anilines is 1. The molecule has 1 rings (SSSR count). The van der Waals surface area contributed by atoms with Crippen LogP contribution in [0.2, 0.25) is 0 Å². The van der Waals surface area contributed by atoms with Crippen LogP contribution in [0, 0.1) is 0 Å². The maximum absolute atomic E-state index is 11.5. The van der Waals surface area contributed by atoms with Crippen LogP contribution in [-0.4, -0.2) is 24.2 Å². The van der Waals surface area contributed by atoms with Crippen molar-refractivity contribution in [3.8, 4) is 5.75 Å². The second-order valence-corrected chi connectivity index (χ2v) is 5.33. The molecule has 18 heavy (non-hydrogen) atoms. The lowest BCUT2D eigenvalue weighted by Crippen LogP contribution is -2.25. The van der Waals surface area contributed by atoms with E-state index in [0.717, 1.165) is 5.56 Å². The average molecular weight is 251 g/mol. The molecule has 0 saturated heterocycles. The molecule has 0 aliphatic heterocycles. The van der Waals surface area contributed by atoms with E-state index >= 15 is 0 Å². The van der Waals surface area contributed by atoms with Crippen LogP contribution in [0.25, 0.3) is 0 Å². The first-order valence-corrected chi connectivity index (χ1v) is 5.93. The molecule has 0 fully saturated rings. The smallest absolute Gasteiger partial charge is 0.253 e. The first kappa shape index (κ1) is 14.5. The summed E-state index contributed by atoms with van der Waals surface area (Å²) in [6, 6.07) is 5.66. The number of carbonyl (C=O) groups excluding carboxylic acids is 1. The van der Waals surface area contributed by atoms with Gasteiger partial charge in [-0.25, -0.2) is 0 Å². The Bertz CT molecular complexity index is 433. The number of aliphatic hydroxyl groups excluding tert-OH is 1. The van der Waals surface area contributed by atoms with Gasteiger partial charge in [-0.3, -0.25) is 4.79 Å². The molecule has 1 amide bonds. The maximum atomic E-state index is 11.5. The van der Waals surface area contributed by atoms with Gasteiger partial charge >= 0.3 is 0 Å². The number of ether oxygens (including phenoxy) is 1. The molecule has 0 heterocycles. The van der Waals surface area contributed by atoms with Crippen LogP contribution >= 0.6 is 0 Å². The Morgan fingerprint density at radius 1 is 1.39 bits per heavy atom. The zero-order valence-electron chi connectivity index (χ0n) is 11.6. The third-order valence-electron chi connectivity index (χ3n) is 2.70. The van der Waals surface area contributed by atoms with Gasteiger partial charge in [-0.05, 0) is 30.0 Å². The fraction of sp³-hybridized carbons (Fsp3) is 0.500. The summed E-state index contributed by atoms with van der Waals surface area (Å²) in [6.07, 6.45) is -1.05. The Morgan fingerprint density at radius 2 is 2.00 bits per heavy atom. The molecule has 1 atom stereocenters. The highest BCUT2D eigenvalue weighted by atomic mass is 16.5. The quantitative estimate of drug-likeness (QED) is 0.866. The van der Waals surface area contributed by atoms with Crippen molar-refractivity contribution in [2.75, 3.05) is 12.4 Å². The van der Waals surface area contributed by atoms with E-state index in [-0.39, 0.29) is 5.41 Å². The summed E-state index contributed by atoms with van der Waals surface area (Å²) in [5.74, 6) is 0.136. The molecule has 0 spiro atoms. The molecule has 1 unspecified atom stereocenters. The van der Waals surface area contributed by atoms with Gasteiger partial charge in [0.1, 0.15) is 11.9 Å². The normalized spacial score (nSPS) is 13.0. The van der Waals surface area contributed by atoms with Gasteiger partial charge in [0.15, 0.2) is 0 Å². The van der Waals surface area contributed by atoms with Gasteiger partial charge in [-0.2, -0.15) is 0 Å². The lowest BCUT2D eigenvalue weighted by molar-refractivity contribution is -0.123. The fourth-order valence-corrected chi connectivity index (χ4v) is 1.51. The van der Waals surface area contributed by atoms with E-state index in [1.807, 2.05) is 18.2 Å². The summed E-state index contributed by atoms with van der Waals surface area (Å²) in [5.41, 5.74) is 1.65. The van der Waals surface area contributed by atoms with Gasteiger partial charge in [0.05, 0.1) is 12.8 Å². The Labute approximate surface area is 108 Å². The molecule has 0 aromatic heterocycles. The van der Waals surface area contributed by atoms with Crippen molar-refractivity contribution in [1.82, 2.24) is 0 Å². The molecule has 0 aliphatic carbocycles. The van der Waals surface area contributed by atoms with Crippen LogP contribution in [0.1, 0.15) is 33.3 Å². The van der Waals surface area contributed by atoms with Gasteiger partial charge in [0.25, 0.3) is 5.91 Å². The van der Waals surface area contributed by atoms with Crippen molar-refractivity contribution in [1.29, 1.82) is 0 Å². The summed E-state index contributed by atoms with van der Waals surface area (Å²) >= 11 is 0. The number of benzene rings is 1. The number of methoxy groups -OCH3 is 1. The Kier molecular flexibility index (Phi) is 4.35. The monoisotopic (exact) mass is 251 g/mol. The fourth-order valence-electron chi connectivity index (χ4n) is 1.51. The topological polar surface area (TPSA) is 58.6 Å². The van der Waals surface area contributed by atoms with Crippen LogP contribution in [0.3, 0.4) is 0 Å². The molecule has 0 bridgehead atoms. The van der Waals surface area contributed by atoms with Gasteiger partial charge in [-0.1, -0.05) is 26.8 Å². The van der Waals surface area contributed by atoms with Crippen molar-refractivity contribution in [3.63, 3.8) is 0 Å². The molecule has 0 aliphatic rings. The van der Waals surface area contributed by atoms with E-state index in [1.165, 1.54) is 6.92 Å². The second-order valence-electron chi connectivity index (χ2n) is 5.33. The molecule has 100 valence electrons. The van der Waals surface area contributed by atoms with Crippen molar-refractivity contribution in [3.05, 3.63) is 23.8 Å². The highest BCUT2D eigenvalue weighted by molar-refractivity contribution is 5.95. The van der Waals surface area contributed by atoms with Crippen molar-refractivity contribution >= 4 is 11.6 Å². The van der Waals surface area contributed by atoms with E-state index in [0.29, 0.717) is 11.4 Å². The average Bonchev–Trinajstić information content (AvgIpc) is 2.27. The number of carbonyl (C=O) groups is 1. The predicted molar refractivity (Wildman–Crippen MR) is 72.0 cm³/mol. The Balaban J connectivity index is 3.11. The zero-order valence-corrected chi connectivity index (χ0v) is 11.6. The van der Waals surface area contributed by atoms with Gasteiger partial charge in [0.2, 0.25) is 0 Å². The number of hydrogen-bond donors (Lipinski definition) is 2. The van der Waals surface area contributed by atoms with E-state index in [2.05, 4.69) is 26.1 Å². The van der Waals surface area contributed by atoms with Crippen molar-refractivity contribution in [2.45, 2.75) is 39.2 Å². The molecule has 0 radical (unpaired) electrons.